The van der Waals surface area contributed by atoms with E-state index >= 15 is 0 Å². The molecule has 1 aromatic heterocycles. The summed E-state index contributed by atoms with van der Waals surface area (Å²) in [5, 5.41) is 10.5. The predicted octanol–water partition coefficient (Wildman–Crippen LogP) is 2.42. The van der Waals surface area contributed by atoms with Gasteiger partial charge in [-0.1, -0.05) is 23.4 Å². The molecule has 9 heteroatoms. The molecule has 0 radical (unpaired) electrons. The first-order valence-electron chi connectivity index (χ1n) is 9.63. The van der Waals surface area contributed by atoms with E-state index in [4.69, 9.17) is 15.6 Å². The van der Waals surface area contributed by atoms with Gasteiger partial charge in [0, 0.05) is 12.1 Å². The van der Waals surface area contributed by atoms with Gasteiger partial charge in [0.2, 0.25) is 0 Å². The number of aliphatic imine (C=N–C) groups is 1. The number of aromatic nitrogens is 2. The van der Waals surface area contributed by atoms with Crippen molar-refractivity contribution in [2.45, 2.75) is 25.4 Å². The molecule has 0 saturated carbocycles. The standard InChI is InChI=1S/C21H22FN7O/c1-2-30-26-11-16-20(23)24-12-25-21(16)27-15-6-7-17-18(10-15)29-19(28-17)9-13-4-3-5-14(22)8-13/h3-8,10-12,17-18H,2,9H2,1H3,(H,28,29)(H3,23,24,25,27)/b26-11+. The molecule has 8 nitrogen and oxygen atoms in total. The van der Waals surface area contributed by atoms with Gasteiger partial charge in [0.25, 0.3) is 0 Å². The van der Waals surface area contributed by atoms with E-state index in [1.807, 2.05) is 31.2 Å². The Morgan fingerprint density at radius 3 is 3.10 bits per heavy atom. The molecule has 2 atom stereocenters. The van der Waals surface area contributed by atoms with Crippen LogP contribution >= 0.6 is 0 Å². The summed E-state index contributed by atoms with van der Waals surface area (Å²) in [7, 11) is 0. The van der Waals surface area contributed by atoms with Gasteiger partial charge in [-0.25, -0.2) is 14.4 Å². The third-order valence-electron chi connectivity index (χ3n) is 4.66. The summed E-state index contributed by atoms with van der Waals surface area (Å²) < 4.78 is 13.4. The lowest BCUT2D eigenvalue weighted by Gasteiger charge is -2.19. The van der Waals surface area contributed by atoms with E-state index in [-0.39, 0.29) is 17.9 Å². The van der Waals surface area contributed by atoms with Crippen molar-refractivity contribution in [2.75, 3.05) is 17.7 Å². The number of benzene rings is 1. The molecule has 2 unspecified atom stereocenters. The number of nitrogens with zero attached hydrogens (tertiary/aromatic N) is 4. The van der Waals surface area contributed by atoms with Gasteiger partial charge < -0.3 is 21.2 Å². The Morgan fingerprint density at radius 1 is 1.37 bits per heavy atom. The highest BCUT2D eigenvalue weighted by molar-refractivity contribution is 5.92. The van der Waals surface area contributed by atoms with Gasteiger partial charge in [-0.05, 0) is 36.8 Å². The van der Waals surface area contributed by atoms with E-state index < -0.39 is 0 Å². The van der Waals surface area contributed by atoms with Crippen LogP contribution in [0.15, 0.2) is 64.7 Å². The van der Waals surface area contributed by atoms with Crippen molar-refractivity contribution >= 4 is 23.7 Å². The van der Waals surface area contributed by atoms with Crippen LogP contribution in [0.2, 0.25) is 0 Å². The van der Waals surface area contributed by atoms with Crippen molar-refractivity contribution in [1.29, 1.82) is 0 Å². The Labute approximate surface area is 173 Å². The molecule has 154 valence electrons. The average Bonchev–Trinajstić information content (AvgIpc) is 3.11. The summed E-state index contributed by atoms with van der Waals surface area (Å²) in [5.74, 6) is 1.41. The third-order valence-corrected chi connectivity index (χ3v) is 4.66. The second-order valence-corrected chi connectivity index (χ2v) is 6.82. The Kier molecular flexibility index (Phi) is 5.69. The lowest BCUT2D eigenvalue weighted by molar-refractivity contribution is 0.160. The summed E-state index contributed by atoms with van der Waals surface area (Å²) in [6.45, 7) is 2.29. The number of amidine groups is 1. The lowest BCUT2D eigenvalue weighted by atomic mass is 10.0. The zero-order chi connectivity index (χ0) is 20.9. The fourth-order valence-electron chi connectivity index (χ4n) is 3.29. The van der Waals surface area contributed by atoms with Crippen LogP contribution < -0.4 is 16.4 Å². The fraction of sp³-hybridized carbons (Fsp3) is 0.238. The molecule has 1 aromatic carbocycles. The number of hydrogen-bond donors (Lipinski definition) is 3. The maximum atomic E-state index is 13.4. The first-order valence-corrected chi connectivity index (χ1v) is 9.63. The van der Waals surface area contributed by atoms with Crippen LogP contribution in [0.4, 0.5) is 16.0 Å². The van der Waals surface area contributed by atoms with Gasteiger partial charge in [-0.2, -0.15) is 0 Å². The van der Waals surface area contributed by atoms with Crippen LogP contribution in [0.5, 0.6) is 0 Å². The Morgan fingerprint density at radius 2 is 2.27 bits per heavy atom. The summed E-state index contributed by atoms with van der Waals surface area (Å²) in [4.78, 5) is 18.0. The van der Waals surface area contributed by atoms with Gasteiger partial charge in [-0.15, -0.1) is 0 Å². The van der Waals surface area contributed by atoms with Crippen molar-refractivity contribution in [3.63, 3.8) is 0 Å². The predicted molar refractivity (Wildman–Crippen MR) is 115 cm³/mol. The lowest BCUT2D eigenvalue weighted by Crippen LogP contribution is -2.35. The van der Waals surface area contributed by atoms with E-state index in [1.54, 1.807) is 6.07 Å². The second-order valence-electron chi connectivity index (χ2n) is 6.82. The molecule has 0 amide bonds. The van der Waals surface area contributed by atoms with Crippen molar-refractivity contribution in [2.24, 2.45) is 10.1 Å². The molecule has 0 saturated heterocycles. The molecule has 0 spiro atoms. The number of oxime groups is 1. The maximum absolute atomic E-state index is 13.4. The van der Waals surface area contributed by atoms with Crippen molar-refractivity contribution < 1.29 is 9.23 Å². The molecular weight excluding hydrogens is 385 g/mol. The number of nitrogen functional groups attached to an aromatic ring is 1. The van der Waals surface area contributed by atoms with E-state index in [0.29, 0.717) is 30.2 Å². The topological polar surface area (TPSA) is 110 Å². The largest absolute Gasteiger partial charge is 0.396 e. The number of nitrogens with two attached hydrogens (primary N) is 1. The molecule has 2 heterocycles. The fourth-order valence-corrected chi connectivity index (χ4v) is 3.29. The number of anilines is 2. The average molecular weight is 407 g/mol. The molecule has 0 fully saturated rings. The summed E-state index contributed by atoms with van der Waals surface area (Å²) in [6.07, 6.45) is 9.42. The molecule has 30 heavy (non-hydrogen) atoms. The van der Waals surface area contributed by atoms with Crippen molar-refractivity contribution in [3.05, 3.63) is 71.5 Å². The number of allylic oxidation sites excluding steroid dienone is 1. The number of halogens is 1. The highest BCUT2D eigenvalue weighted by atomic mass is 19.1. The van der Waals surface area contributed by atoms with Crippen molar-refractivity contribution in [1.82, 2.24) is 15.3 Å². The Hall–Kier alpha value is -3.75. The van der Waals surface area contributed by atoms with E-state index in [9.17, 15) is 4.39 Å². The van der Waals surface area contributed by atoms with Crippen LogP contribution in [0.25, 0.3) is 0 Å². The van der Waals surface area contributed by atoms with E-state index in [2.05, 4.69) is 25.8 Å². The molecule has 2 aliphatic rings. The normalized spacial score (nSPS) is 19.8. The molecule has 1 aliphatic carbocycles. The minimum absolute atomic E-state index is 0.000727. The summed E-state index contributed by atoms with van der Waals surface area (Å²) in [5.41, 5.74) is 8.23. The van der Waals surface area contributed by atoms with Gasteiger partial charge >= 0.3 is 0 Å². The second kappa shape index (κ2) is 8.73. The quantitative estimate of drug-likeness (QED) is 0.480. The minimum Gasteiger partial charge on any atom is -0.396 e. The molecule has 4 rings (SSSR count). The Bertz CT molecular complexity index is 1050. The highest BCUT2D eigenvalue weighted by Crippen LogP contribution is 2.23. The molecular formula is C21H22FN7O. The molecule has 4 N–H and O–H groups in total. The van der Waals surface area contributed by atoms with Gasteiger partial charge in [-0.3, -0.25) is 4.99 Å². The first kappa shape index (κ1) is 19.6. The number of fused-ring (bicyclic) bond motifs is 1. The molecule has 2 aromatic rings. The van der Waals surface area contributed by atoms with Crippen LogP contribution in [-0.4, -0.2) is 40.7 Å². The zero-order valence-corrected chi connectivity index (χ0v) is 16.4. The third kappa shape index (κ3) is 4.45. The van der Waals surface area contributed by atoms with Crippen LogP contribution in [0.1, 0.15) is 18.1 Å². The summed E-state index contributed by atoms with van der Waals surface area (Å²) >= 11 is 0. The molecule has 1 aliphatic heterocycles. The van der Waals surface area contributed by atoms with Crippen LogP contribution in [-0.2, 0) is 11.3 Å². The smallest absolute Gasteiger partial charge is 0.144 e. The number of rotatable bonds is 7. The van der Waals surface area contributed by atoms with E-state index in [1.165, 1.54) is 24.7 Å². The van der Waals surface area contributed by atoms with Crippen LogP contribution in [0.3, 0.4) is 0 Å². The number of nitrogens with one attached hydrogen (secondary N) is 2. The van der Waals surface area contributed by atoms with Gasteiger partial charge in [0.05, 0.1) is 23.9 Å². The maximum Gasteiger partial charge on any atom is 0.144 e. The van der Waals surface area contributed by atoms with Gasteiger partial charge in [0.15, 0.2) is 0 Å². The zero-order valence-electron chi connectivity index (χ0n) is 16.4. The Balaban J connectivity index is 1.46. The number of hydrogen-bond acceptors (Lipinski definition) is 8. The SMILES string of the molecule is CCO/N=C/c1c(N)ncnc1NC1=CC2NC(Cc3cccc(F)c3)=NC2C=C1. The van der Waals surface area contributed by atoms with E-state index in [0.717, 1.165) is 17.1 Å². The molecule has 0 bridgehead atoms. The minimum atomic E-state index is -0.248. The first-order chi connectivity index (χ1) is 14.6. The van der Waals surface area contributed by atoms with Gasteiger partial charge in [0.1, 0.15) is 36.2 Å². The van der Waals surface area contributed by atoms with Crippen LogP contribution in [0, 0.1) is 5.82 Å². The van der Waals surface area contributed by atoms with Crippen molar-refractivity contribution in [3.8, 4) is 0 Å². The summed E-state index contributed by atoms with van der Waals surface area (Å²) in [6, 6.07) is 6.54. The monoisotopic (exact) mass is 407 g/mol. The highest BCUT2D eigenvalue weighted by Gasteiger charge is 2.27.